The lowest BCUT2D eigenvalue weighted by atomic mass is 10.0. The van der Waals surface area contributed by atoms with Gasteiger partial charge >= 0.3 is 0 Å². The van der Waals surface area contributed by atoms with Crippen molar-refractivity contribution in [3.63, 3.8) is 0 Å². The first-order valence-electron chi connectivity index (χ1n) is 26.5. The Kier molecular flexibility index (Phi) is 7.05. The fourth-order valence-corrected chi connectivity index (χ4v) is 11.9. The third-order valence-corrected chi connectivity index (χ3v) is 14.8. The van der Waals surface area contributed by atoms with E-state index in [9.17, 15) is 2.74 Å². The highest BCUT2D eigenvalue weighted by Gasteiger charge is 2.24. The predicted octanol–water partition coefficient (Wildman–Crippen LogP) is 16.5. The van der Waals surface area contributed by atoms with E-state index in [1.165, 1.54) is 26.2 Å². The molecule has 70 heavy (non-hydrogen) atoms. The quantitative estimate of drug-likeness (QED) is 0.167. The summed E-state index contributed by atoms with van der Waals surface area (Å²) in [5.41, 5.74) is 8.79. The third-order valence-electron chi connectivity index (χ3n) is 13.6. The van der Waals surface area contributed by atoms with Crippen molar-refractivity contribution in [1.82, 2.24) is 28.7 Å². The van der Waals surface area contributed by atoms with Gasteiger partial charge in [-0.1, -0.05) is 164 Å². The normalized spacial score (nSPS) is 13.4. The molecule has 0 aliphatic heterocycles. The van der Waals surface area contributed by atoms with Crippen LogP contribution in [-0.2, 0) is 0 Å². The van der Waals surface area contributed by atoms with E-state index in [-0.39, 0.29) is 57.8 Å². The molecule has 0 aliphatic rings. The topological polar surface area (TPSA) is 53.5 Å². The summed E-state index contributed by atoms with van der Waals surface area (Å²) < 4.78 is 71.6. The van der Waals surface area contributed by atoms with Crippen molar-refractivity contribution < 1.29 is 9.60 Å². The molecule has 6 nitrogen and oxygen atoms in total. The highest BCUT2D eigenvalue weighted by molar-refractivity contribution is 7.26. The molecule has 0 unspecified atom stereocenters. The van der Waals surface area contributed by atoms with Crippen molar-refractivity contribution in [3.8, 4) is 51.2 Å². The molecule has 0 N–H and O–H groups in total. The number of para-hydroxylation sites is 6. The molecule has 5 heterocycles. The molecule has 0 saturated heterocycles. The van der Waals surface area contributed by atoms with Crippen LogP contribution in [-0.4, -0.2) is 28.7 Å². The van der Waals surface area contributed by atoms with Gasteiger partial charge in [0.25, 0.3) is 0 Å². The molecule has 15 rings (SSSR count). The number of hydrogen-bond donors (Lipinski definition) is 0. The average Bonchev–Trinajstić information content (AvgIpc) is 4.43. The average molecular weight is 918 g/mol. The standard InChI is InChI=1S/C63H38N6S/c1-8-29-50-42(20-1)43-21-2-9-30-51(43)67(50)55-34-13-6-26-49(55)62-64-61(40-19-15-18-39(38-40)41-27-16-28-47-46-24-7-14-37-58(46)70-60(41)47)65-63(66-62)69-54-33-12-5-25-48(54)59-56(35-17-36-57(59)69)68-52-31-10-3-22-44(52)45-23-4-11-32-53(45)68/h1-38H/i1D,2D,8D,20D,21D,29D,30D. The molecule has 5 aromatic heterocycles. The molecule has 0 fully saturated rings. The van der Waals surface area contributed by atoms with Crippen LogP contribution >= 0.6 is 11.3 Å². The minimum Gasteiger partial charge on any atom is -0.309 e. The van der Waals surface area contributed by atoms with Crippen molar-refractivity contribution in [1.29, 1.82) is 0 Å². The molecule has 7 heteroatoms. The predicted molar refractivity (Wildman–Crippen MR) is 292 cm³/mol. The number of nitrogens with zero attached hydrogens (tertiary/aromatic N) is 6. The molecule has 0 radical (unpaired) electrons. The second-order valence-corrected chi connectivity index (χ2v) is 18.4. The van der Waals surface area contributed by atoms with Crippen LogP contribution in [0.4, 0.5) is 0 Å². The maximum Gasteiger partial charge on any atom is 0.238 e. The van der Waals surface area contributed by atoms with Crippen LogP contribution < -0.4 is 0 Å². The molecular formula is C63H38N6S. The van der Waals surface area contributed by atoms with Gasteiger partial charge in [-0.2, -0.15) is 9.97 Å². The summed E-state index contributed by atoms with van der Waals surface area (Å²) in [4.78, 5) is 16.2. The Labute approximate surface area is 415 Å². The summed E-state index contributed by atoms with van der Waals surface area (Å²) in [7, 11) is 0. The van der Waals surface area contributed by atoms with Crippen LogP contribution in [0.25, 0.3) is 137 Å². The van der Waals surface area contributed by atoms with Crippen LogP contribution in [0.15, 0.2) is 230 Å². The molecule has 0 atom stereocenters. The van der Waals surface area contributed by atoms with Gasteiger partial charge < -0.3 is 9.13 Å². The maximum atomic E-state index is 9.35. The lowest BCUT2D eigenvalue weighted by Gasteiger charge is -2.15. The van der Waals surface area contributed by atoms with E-state index in [2.05, 4.69) is 143 Å². The number of aromatic nitrogens is 6. The number of rotatable bonds is 6. The van der Waals surface area contributed by atoms with E-state index in [0.29, 0.717) is 23.0 Å². The lowest BCUT2D eigenvalue weighted by molar-refractivity contribution is 0.951. The molecule has 15 aromatic rings. The Bertz CT molecular complexity index is 5000. The monoisotopic (exact) mass is 917 g/mol. The molecule has 0 saturated carbocycles. The van der Waals surface area contributed by atoms with Gasteiger partial charge in [0, 0.05) is 63.6 Å². The summed E-state index contributed by atoms with van der Waals surface area (Å²) in [6, 6.07) is 61.1. The fourth-order valence-electron chi connectivity index (χ4n) is 10.7. The van der Waals surface area contributed by atoms with E-state index in [4.69, 9.17) is 21.8 Å². The first kappa shape index (κ1) is 32.5. The zero-order valence-electron chi connectivity index (χ0n) is 44.0. The van der Waals surface area contributed by atoms with Gasteiger partial charge in [-0.05, 0) is 77.8 Å². The first-order chi connectivity index (χ1) is 37.6. The molecule has 0 aliphatic carbocycles. The molecule has 326 valence electrons. The maximum absolute atomic E-state index is 9.35. The van der Waals surface area contributed by atoms with E-state index in [1.807, 2.05) is 42.5 Å². The van der Waals surface area contributed by atoms with Gasteiger partial charge in [0.15, 0.2) is 11.6 Å². The van der Waals surface area contributed by atoms with E-state index < -0.39 is 12.1 Å². The second kappa shape index (κ2) is 15.2. The zero-order valence-corrected chi connectivity index (χ0v) is 37.8. The zero-order chi connectivity index (χ0) is 52.0. The van der Waals surface area contributed by atoms with Crippen molar-refractivity contribution in [2.75, 3.05) is 0 Å². The second-order valence-electron chi connectivity index (χ2n) is 17.4. The molecule has 0 spiro atoms. The minimum atomic E-state index is -0.471. The van der Waals surface area contributed by atoms with Gasteiger partial charge in [0.05, 0.1) is 54.1 Å². The lowest BCUT2D eigenvalue weighted by Crippen LogP contribution is -2.08. The van der Waals surface area contributed by atoms with Crippen molar-refractivity contribution >= 4 is 96.9 Å². The summed E-state index contributed by atoms with van der Waals surface area (Å²) >= 11 is 1.76. The van der Waals surface area contributed by atoms with Crippen LogP contribution in [0.1, 0.15) is 9.60 Å². The van der Waals surface area contributed by atoms with E-state index >= 15 is 0 Å². The Morgan fingerprint density at radius 3 is 1.77 bits per heavy atom. The highest BCUT2D eigenvalue weighted by Crippen LogP contribution is 2.43. The summed E-state index contributed by atoms with van der Waals surface area (Å²) in [5.74, 6) is 0.972. The number of hydrogen-bond acceptors (Lipinski definition) is 4. The van der Waals surface area contributed by atoms with Gasteiger partial charge in [-0.25, -0.2) is 4.98 Å². The Balaban J connectivity index is 1.03. The molecule has 0 bridgehead atoms. The van der Waals surface area contributed by atoms with Crippen LogP contribution in [0.2, 0.25) is 0 Å². The van der Waals surface area contributed by atoms with Gasteiger partial charge in [-0.3, -0.25) is 4.57 Å². The minimum absolute atomic E-state index is 0.0558. The molecular weight excluding hydrogens is 873 g/mol. The van der Waals surface area contributed by atoms with Crippen LogP contribution in [0.5, 0.6) is 0 Å². The summed E-state index contributed by atoms with van der Waals surface area (Å²) in [6.45, 7) is 0. The van der Waals surface area contributed by atoms with Gasteiger partial charge in [0.2, 0.25) is 5.95 Å². The van der Waals surface area contributed by atoms with Crippen molar-refractivity contribution in [3.05, 3.63) is 230 Å². The van der Waals surface area contributed by atoms with Gasteiger partial charge in [-0.15, -0.1) is 11.3 Å². The third kappa shape index (κ3) is 5.70. The largest absolute Gasteiger partial charge is 0.309 e. The van der Waals surface area contributed by atoms with Crippen LogP contribution in [0, 0.1) is 0 Å². The summed E-state index contributed by atoms with van der Waals surface area (Å²) in [6.07, 6.45) is 0. The smallest absolute Gasteiger partial charge is 0.238 e. The van der Waals surface area contributed by atoms with Crippen LogP contribution in [0.3, 0.4) is 0 Å². The fraction of sp³-hybridized carbons (Fsp3) is 0. The Hall–Kier alpha value is -9.17. The first-order valence-corrected chi connectivity index (χ1v) is 23.9. The SMILES string of the molecule is [2H]c1cc([2H])c2c(c1[2H])c1c([2H])c([2H])c([2H])c([2H])c1n2-c1ccccc1-c1nc(-c2cccc(-c3cccc4c3sc3ccccc34)c2)nc(-n2c3ccccc3c3c(-n4c5ccccc5c5ccccc54)cccc32)n1. The molecule has 0 amide bonds. The van der Waals surface area contributed by atoms with E-state index in [1.54, 1.807) is 22.0 Å². The number of benzene rings is 10. The number of fused-ring (bicyclic) bond motifs is 12. The highest BCUT2D eigenvalue weighted by atomic mass is 32.1. The number of thiophene rings is 1. The van der Waals surface area contributed by atoms with Crippen molar-refractivity contribution in [2.24, 2.45) is 0 Å². The van der Waals surface area contributed by atoms with E-state index in [0.717, 1.165) is 66.0 Å². The summed E-state index contributed by atoms with van der Waals surface area (Å²) in [5, 5.41) is 6.82. The Morgan fingerprint density at radius 1 is 0.357 bits per heavy atom. The molecule has 10 aromatic carbocycles. The van der Waals surface area contributed by atoms with Gasteiger partial charge in [0.1, 0.15) is 0 Å². The Morgan fingerprint density at radius 2 is 0.929 bits per heavy atom. The van der Waals surface area contributed by atoms with Crippen molar-refractivity contribution in [2.45, 2.75) is 0 Å².